The fraction of sp³-hybridized carbons (Fsp3) is 0.545. The first-order chi connectivity index (χ1) is 9.81. The molecule has 21 heavy (non-hydrogen) atoms. The maximum Gasteiger partial charge on any atom is 0.335 e. The minimum absolute atomic E-state index is 0.0101. The van der Waals surface area contributed by atoms with E-state index in [1.165, 1.54) is 0 Å². The molecule has 8 nitrogen and oxygen atoms in total. The second kappa shape index (κ2) is 7.48. The number of sulfonamides is 1. The number of aromatic nitrogens is 1. The molecule has 0 aliphatic carbocycles. The Morgan fingerprint density at radius 3 is 2.19 bits per heavy atom. The molecule has 1 rings (SSSR count). The molecular formula is C11H16N2O6S2. The maximum absolute atomic E-state index is 12.1. The lowest BCUT2D eigenvalue weighted by Crippen LogP contribution is -2.48. The largest absolute Gasteiger partial charge is 0.464 e. The van der Waals surface area contributed by atoms with Gasteiger partial charge in [0, 0.05) is 0 Å². The molecule has 0 amide bonds. The van der Waals surface area contributed by atoms with Crippen LogP contribution >= 0.6 is 11.3 Å². The lowest BCUT2D eigenvalue weighted by molar-refractivity contribution is -0.157. The van der Waals surface area contributed by atoms with Gasteiger partial charge in [-0.25, -0.2) is 23.0 Å². The van der Waals surface area contributed by atoms with Crippen LogP contribution < -0.4 is 4.72 Å². The standard InChI is InChI=1S/C11H16N2O6S2/c1-4-18-10(14)9(11(15)19-5-2)13-21(16,17)8-6-12-7(3)20-8/h6,9,13H,4-5H2,1-3H3. The van der Waals surface area contributed by atoms with Crippen molar-refractivity contribution in [3.8, 4) is 0 Å². The molecule has 1 heterocycles. The molecule has 0 unspecified atom stereocenters. The number of hydrogen-bond acceptors (Lipinski definition) is 8. The second-order valence-electron chi connectivity index (χ2n) is 3.76. The van der Waals surface area contributed by atoms with Gasteiger partial charge in [0.15, 0.2) is 4.21 Å². The van der Waals surface area contributed by atoms with Gasteiger partial charge in [-0.1, -0.05) is 0 Å². The van der Waals surface area contributed by atoms with Crippen molar-refractivity contribution in [1.82, 2.24) is 9.71 Å². The first-order valence-corrected chi connectivity index (χ1v) is 8.39. The molecule has 10 heteroatoms. The van der Waals surface area contributed by atoms with Gasteiger partial charge < -0.3 is 9.47 Å². The van der Waals surface area contributed by atoms with Gasteiger partial charge in [0.2, 0.25) is 6.04 Å². The molecule has 0 radical (unpaired) electrons. The Morgan fingerprint density at radius 1 is 1.29 bits per heavy atom. The zero-order valence-electron chi connectivity index (χ0n) is 11.8. The molecule has 0 spiro atoms. The predicted octanol–water partition coefficient (Wildman–Crippen LogP) is 0.225. The Morgan fingerprint density at radius 2 is 1.81 bits per heavy atom. The highest BCUT2D eigenvalue weighted by Gasteiger charge is 2.35. The molecule has 0 saturated carbocycles. The van der Waals surface area contributed by atoms with Crippen molar-refractivity contribution in [2.45, 2.75) is 31.0 Å². The number of rotatable bonds is 7. The number of hydrogen-bond donors (Lipinski definition) is 1. The van der Waals surface area contributed by atoms with Crippen LogP contribution in [0.3, 0.4) is 0 Å². The van der Waals surface area contributed by atoms with Gasteiger partial charge in [0.05, 0.1) is 24.4 Å². The fourth-order valence-electron chi connectivity index (χ4n) is 1.32. The van der Waals surface area contributed by atoms with E-state index in [0.717, 1.165) is 17.5 Å². The van der Waals surface area contributed by atoms with Crippen molar-refractivity contribution in [1.29, 1.82) is 0 Å². The quantitative estimate of drug-likeness (QED) is 0.560. The van der Waals surface area contributed by atoms with Gasteiger partial charge >= 0.3 is 11.9 Å². The number of nitrogens with zero attached hydrogens (tertiary/aromatic N) is 1. The molecule has 1 aromatic rings. The third-order valence-corrected chi connectivity index (χ3v) is 4.98. The fourth-order valence-corrected chi connectivity index (χ4v) is 3.58. The molecule has 0 atom stereocenters. The third-order valence-electron chi connectivity index (χ3n) is 2.18. The molecule has 0 aliphatic rings. The van der Waals surface area contributed by atoms with Crippen molar-refractivity contribution < 1.29 is 27.5 Å². The number of esters is 2. The van der Waals surface area contributed by atoms with Crippen LogP contribution in [0.2, 0.25) is 0 Å². The third kappa shape index (κ3) is 4.76. The van der Waals surface area contributed by atoms with Gasteiger partial charge in [-0.15, -0.1) is 11.3 Å². The van der Waals surface area contributed by atoms with Crippen molar-refractivity contribution in [3.05, 3.63) is 11.2 Å². The SMILES string of the molecule is CCOC(=O)C(NS(=O)(=O)c1cnc(C)s1)C(=O)OCC. The summed E-state index contributed by atoms with van der Waals surface area (Å²) in [5.41, 5.74) is 0. The molecule has 1 N–H and O–H groups in total. The first-order valence-electron chi connectivity index (χ1n) is 6.09. The highest BCUT2D eigenvalue weighted by Crippen LogP contribution is 2.18. The number of nitrogens with one attached hydrogen (secondary N) is 1. The van der Waals surface area contributed by atoms with Gasteiger partial charge in [-0.3, -0.25) is 0 Å². The van der Waals surface area contributed by atoms with E-state index >= 15 is 0 Å². The summed E-state index contributed by atoms with van der Waals surface area (Å²) in [5.74, 6) is -2.03. The van der Waals surface area contributed by atoms with Gasteiger partial charge in [-0.05, 0) is 20.8 Å². The maximum atomic E-state index is 12.1. The molecular weight excluding hydrogens is 320 g/mol. The number of thiazole rings is 1. The van der Waals surface area contributed by atoms with Crippen molar-refractivity contribution in [3.63, 3.8) is 0 Å². The molecule has 0 saturated heterocycles. The minimum atomic E-state index is -4.06. The second-order valence-corrected chi connectivity index (χ2v) is 6.93. The molecule has 0 fully saturated rings. The normalized spacial score (nSPS) is 11.4. The van der Waals surface area contributed by atoms with Crippen LogP contribution in [0.5, 0.6) is 0 Å². The zero-order valence-corrected chi connectivity index (χ0v) is 13.4. The Balaban J connectivity index is 2.99. The minimum Gasteiger partial charge on any atom is -0.464 e. The van der Waals surface area contributed by atoms with E-state index in [1.807, 2.05) is 4.72 Å². The number of carbonyl (C=O) groups is 2. The highest BCUT2D eigenvalue weighted by atomic mass is 32.2. The van der Waals surface area contributed by atoms with E-state index in [1.54, 1.807) is 20.8 Å². The van der Waals surface area contributed by atoms with Crippen molar-refractivity contribution >= 4 is 33.3 Å². The first kappa shape index (κ1) is 17.5. The Kier molecular flexibility index (Phi) is 6.24. The van der Waals surface area contributed by atoms with E-state index in [9.17, 15) is 18.0 Å². The summed E-state index contributed by atoms with van der Waals surface area (Å²) in [4.78, 5) is 27.2. The van der Waals surface area contributed by atoms with Crippen LogP contribution in [-0.2, 0) is 29.1 Å². The molecule has 0 bridgehead atoms. The highest BCUT2D eigenvalue weighted by molar-refractivity contribution is 7.91. The van der Waals surface area contributed by atoms with E-state index < -0.39 is 28.0 Å². The number of ether oxygens (including phenoxy) is 2. The summed E-state index contributed by atoms with van der Waals surface area (Å²) in [6.45, 7) is 4.74. The number of aryl methyl sites for hydroxylation is 1. The van der Waals surface area contributed by atoms with Crippen LogP contribution in [0.4, 0.5) is 0 Å². The average molecular weight is 336 g/mol. The molecule has 118 valence electrons. The average Bonchev–Trinajstić information content (AvgIpc) is 2.84. The molecule has 0 aliphatic heterocycles. The van der Waals surface area contributed by atoms with Gasteiger partial charge in [0.25, 0.3) is 10.0 Å². The van der Waals surface area contributed by atoms with E-state index in [0.29, 0.717) is 5.01 Å². The van der Waals surface area contributed by atoms with Crippen LogP contribution in [0.25, 0.3) is 0 Å². The smallest absolute Gasteiger partial charge is 0.335 e. The zero-order chi connectivity index (χ0) is 16.0. The van der Waals surface area contributed by atoms with Crippen molar-refractivity contribution in [2.24, 2.45) is 0 Å². The summed E-state index contributed by atoms with van der Waals surface area (Å²) in [6.07, 6.45) is 1.15. The predicted molar refractivity (Wildman–Crippen MR) is 74.2 cm³/mol. The summed E-state index contributed by atoms with van der Waals surface area (Å²) < 4.78 is 35.5. The summed E-state index contributed by atoms with van der Waals surface area (Å²) in [6, 6.07) is -1.74. The van der Waals surface area contributed by atoms with Gasteiger partial charge in [0.1, 0.15) is 0 Å². The van der Waals surface area contributed by atoms with Crippen LogP contribution in [0, 0.1) is 6.92 Å². The Bertz CT molecular complexity index is 592. The number of carbonyl (C=O) groups excluding carboxylic acids is 2. The summed E-state index contributed by atoms with van der Waals surface area (Å²) >= 11 is 0.921. The molecule has 1 aromatic heterocycles. The molecule has 0 aromatic carbocycles. The van der Waals surface area contributed by atoms with Crippen LogP contribution in [0.1, 0.15) is 18.9 Å². The van der Waals surface area contributed by atoms with E-state index in [-0.39, 0.29) is 17.4 Å². The summed E-state index contributed by atoms with van der Waals surface area (Å²) in [5, 5.41) is 0.541. The lowest BCUT2D eigenvalue weighted by Gasteiger charge is -2.15. The topological polar surface area (TPSA) is 112 Å². The monoisotopic (exact) mass is 336 g/mol. The van der Waals surface area contributed by atoms with E-state index in [4.69, 9.17) is 0 Å². The van der Waals surface area contributed by atoms with E-state index in [2.05, 4.69) is 14.5 Å². The van der Waals surface area contributed by atoms with Crippen LogP contribution in [0.15, 0.2) is 10.4 Å². The van der Waals surface area contributed by atoms with Gasteiger partial charge in [-0.2, -0.15) is 4.72 Å². The Labute approximate surface area is 126 Å². The summed E-state index contributed by atoms with van der Waals surface area (Å²) in [7, 11) is -4.06. The van der Waals surface area contributed by atoms with Crippen molar-refractivity contribution in [2.75, 3.05) is 13.2 Å². The Hall–Kier alpha value is -1.52. The van der Waals surface area contributed by atoms with Crippen LogP contribution in [-0.4, -0.2) is 44.6 Å². The lowest BCUT2D eigenvalue weighted by atomic mass is 10.3.